The van der Waals surface area contributed by atoms with Gasteiger partial charge in [-0.15, -0.1) is 0 Å². The molecule has 0 spiro atoms. The number of carbonyl (C=O) groups excluding carboxylic acids is 1. The number of aliphatic carboxylic acids is 1. The molecule has 3 rings (SSSR count). The van der Waals surface area contributed by atoms with Gasteiger partial charge in [0.25, 0.3) is 0 Å². The van der Waals surface area contributed by atoms with Crippen LogP contribution in [0.15, 0.2) is 35.2 Å². The molecular formula is C16H20N2O6S. The Hall–Kier alpha value is -1.97. The van der Waals surface area contributed by atoms with Crippen molar-refractivity contribution in [3.05, 3.63) is 30.3 Å². The quantitative estimate of drug-likeness (QED) is 0.811. The molecular weight excluding hydrogens is 348 g/mol. The zero-order valence-corrected chi connectivity index (χ0v) is 14.4. The Morgan fingerprint density at radius 3 is 2.56 bits per heavy atom. The van der Waals surface area contributed by atoms with Crippen molar-refractivity contribution >= 4 is 21.9 Å². The van der Waals surface area contributed by atoms with Gasteiger partial charge in [-0.3, -0.25) is 4.79 Å². The molecule has 1 amide bonds. The van der Waals surface area contributed by atoms with E-state index < -0.39 is 28.1 Å². The molecule has 2 aliphatic rings. The molecule has 9 heteroatoms. The smallest absolute Gasteiger partial charge is 0.334 e. The maximum atomic E-state index is 12.8. The molecule has 0 aromatic heterocycles. The number of carboxylic acid groups (broad SMARTS) is 1. The second kappa shape index (κ2) is 7.11. The summed E-state index contributed by atoms with van der Waals surface area (Å²) >= 11 is 0. The van der Waals surface area contributed by atoms with Crippen LogP contribution in [0.5, 0.6) is 0 Å². The predicted octanol–water partition coefficient (Wildman–Crippen LogP) is 0.152. The number of morpholine rings is 1. The number of nitrogens with zero attached hydrogens (tertiary/aromatic N) is 2. The van der Waals surface area contributed by atoms with Gasteiger partial charge in [0.2, 0.25) is 15.9 Å². The Labute approximate surface area is 146 Å². The zero-order valence-electron chi connectivity index (χ0n) is 13.6. The standard InChI is InChI=1S/C16H20N2O6S/c19-15(17-9-10-24-14(11-17)16(20)21)13-7-4-8-18(13)25(22,23)12-5-2-1-3-6-12/h1-3,5-6,13-14H,4,7-11H2,(H,20,21). The van der Waals surface area contributed by atoms with Gasteiger partial charge in [-0.25, -0.2) is 13.2 Å². The summed E-state index contributed by atoms with van der Waals surface area (Å²) in [5.41, 5.74) is 0. The Morgan fingerprint density at radius 1 is 1.16 bits per heavy atom. The van der Waals surface area contributed by atoms with Crippen LogP contribution >= 0.6 is 0 Å². The number of hydrogen-bond acceptors (Lipinski definition) is 5. The second-order valence-electron chi connectivity index (χ2n) is 6.07. The van der Waals surface area contributed by atoms with E-state index in [1.165, 1.54) is 21.3 Å². The monoisotopic (exact) mass is 368 g/mol. The fourth-order valence-corrected chi connectivity index (χ4v) is 4.88. The number of rotatable bonds is 4. The van der Waals surface area contributed by atoms with Crippen LogP contribution in [0.4, 0.5) is 0 Å². The van der Waals surface area contributed by atoms with Crippen molar-refractivity contribution in [2.75, 3.05) is 26.2 Å². The largest absolute Gasteiger partial charge is 0.479 e. The highest BCUT2D eigenvalue weighted by molar-refractivity contribution is 7.89. The minimum Gasteiger partial charge on any atom is -0.479 e. The minimum atomic E-state index is -3.76. The molecule has 2 heterocycles. The average molecular weight is 368 g/mol. The van der Waals surface area contributed by atoms with Crippen LogP contribution in [-0.2, 0) is 24.3 Å². The topological polar surface area (TPSA) is 104 Å². The summed E-state index contributed by atoms with van der Waals surface area (Å²) in [6.45, 7) is 0.601. The first-order valence-corrected chi connectivity index (χ1v) is 9.55. The second-order valence-corrected chi connectivity index (χ2v) is 7.96. The number of carbonyl (C=O) groups is 2. The summed E-state index contributed by atoms with van der Waals surface area (Å²) in [6.07, 6.45) is -0.0481. The first-order valence-electron chi connectivity index (χ1n) is 8.11. The first kappa shape index (κ1) is 17.8. The van der Waals surface area contributed by atoms with Gasteiger partial charge in [0.05, 0.1) is 18.0 Å². The van der Waals surface area contributed by atoms with Crippen molar-refractivity contribution in [3.8, 4) is 0 Å². The molecule has 1 N–H and O–H groups in total. The molecule has 1 aromatic rings. The maximum Gasteiger partial charge on any atom is 0.334 e. The number of carboxylic acids is 1. The van der Waals surface area contributed by atoms with E-state index in [4.69, 9.17) is 9.84 Å². The van der Waals surface area contributed by atoms with E-state index in [1.54, 1.807) is 18.2 Å². The molecule has 25 heavy (non-hydrogen) atoms. The van der Waals surface area contributed by atoms with Gasteiger partial charge in [-0.2, -0.15) is 4.31 Å². The molecule has 2 fully saturated rings. The van der Waals surface area contributed by atoms with Crippen LogP contribution in [-0.4, -0.2) is 73.0 Å². The number of benzene rings is 1. The number of sulfonamides is 1. The average Bonchev–Trinajstić information content (AvgIpc) is 3.12. The lowest BCUT2D eigenvalue weighted by atomic mass is 10.1. The number of ether oxygens (including phenoxy) is 1. The van der Waals surface area contributed by atoms with Crippen LogP contribution in [0.3, 0.4) is 0 Å². The predicted molar refractivity (Wildman–Crippen MR) is 87.3 cm³/mol. The lowest BCUT2D eigenvalue weighted by molar-refractivity contribution is -0.160. The summed E-state index contributed by atoms with van der Waals surface area (Å²) in [7, 11) is -3.76. The lowest BCUT2D eigenvalue weighted by Crippen LogP contribution is -2.54. The summed E-state index contributed by atoms with van der Waals surface area (Å²) in [6, 6.07) is 7.22. The van der Waals surface area contributed by atoms with Crippen molar-refractivity contribution in [2.45, 2.75) is 29.9 Å². The van der Waals surface area contributed by atoms with Gasteiger partial charge < -0.3 is 14.7 Å². The van der Waals surface area contributed by atoms with E-state index in [1.807, 2.05) is 0 Å². The van der Waals surface area contributed by atoms with E-state index in [0.717, 1.165) is 0 Å². The summed E-state index contributed by atoms with van der Waals surface area (Å²) in [5, 5.41) is 9.06. The SMILES string of the molecule is O=C(O)C1CN(C(=O)C2CCCN2S(=O)(=O)c2ccccc2)CCO1. The molecule has 2 aliphatic heterocycles. The Kier molecular flexibility index (Phi) is 5.07. The normalized spacial score (nSPS) is 25.0. The highest BCUT2D eigenvalue weighted by Crippen LogP contribution is 2.27. The maximum absolute atomic E-state index is 12.8. The van der Waals surface area contributed by atoms with Gasteiger partial charge >= 0.3 is 5.97 Å². The summed E-state index contributed by atoms with van der Waals surface area (Å²) < 4.78 is 32.0. The van der Waals surface area contributed by atoms with Gasteiger partial charge in [0, 0.05) is 13.1 Å². The van der Waals surface area contributed by atoms with E-state index in [0.29, 0.717) is 12.8 Å². The van der Waals surface area contributed by atoms with Crippen LogP contribution in [0.2, 0.25) is 0 Å². The molecule has 0 aliphatic carbocycles. The van der Waals surface area contributed by atoms with E-state index in [2.05, 4.69) is 0 Å². The third kappa shape index (κ3) is 3.53. The zero-order chi connectivity index (χ0) is 18.0. The molecule has 2 unspecified atom stereocenters. The molecule has 1 aromatic carbocycles. The third-order valence-electron chi connectivity index (χ3n) is 4.49. The highest BCUT2D eigenvalue weighted by Gasteiger charge is 2.42. The van der Waals surface area contributed by atoms with Crippen molar-refractivity contribution in [3.63, 3.8) is 0 Å². The molecule has 0 bridgehead atoms. The molecule has 0 saturated carbocycles. The number of hydrogen-bond donors (Lipinski definition) is 1. The summed E-state index contributed by atoms with van der Waals surface area (Å²) in [4.78, 5) is 25.5. The van der Waals surface area contributed by atoms with Crippen LogP contribution < -0.4 is 0 Å². The van der Waals surface area contributed by atoms with Crippen LogP contribution in [0.25, 0.3) is 0 Å². The Morgan fingerprint density at radius 2 is 1.88 bits per heavy atom. The van der Waals surface area contributed by atoms with Gasteiger partial charge in [-0.05, 0) is 25.0 Å². The van der Waals surface area contributed by atoms with Crippen molar-refractivity contribution < 1.29 is 27.9 Å². The molecule has 0 radical (unpaired) electrons. The molecule has 2 saturated heterocycles. The number of amides is 1. The van der Waals surface area contributed by atoms with Gasteiger partial charge in [0.1, 0.15) is 6.04 Å². The van der Waals surface area contributed by atoms with E-state index >= 15 is 0 Å². The van der Waals surface area contributed by atoms with Crippen molar-refractivity contribution in [2.24, 2.45) is 0 Å². The molecule has 8 nitrogen and oxygen atoms in total. The fourth-order valence-electron chi connectivity index (χ4n) is 3.21. The third-order valence-corrected chi connectivity index (χ3v) is 6.41. The fraction of sp³-hybridized carbons (Fsp3) is 0.500. The van der Waals surface area contributed by atoms with E-state index in [-0.39, 0.29) is 37.0 Å². The van der Waals surface area contributed by atoms with Gasteiger partial charge in [0.15, 0.2) is 6.10 Å². The first-order chi connectivity index (χ1) is 11.9. The van der Waals surface area contributed by atoms with E-state index in [9.17, 15) is 18.0 Å². The Balaban J connectivity index is 1.79. The lowest BCUT2D eigenvalue weighted by Gasteiger charge is -2.34. The van der Waals surface area contributed by atoms with Crippen molar-refractivity contribution in [1.82, 2.24) is 9.21 Å². The van der Waals surface area contributed by atoms with Crippen LogP contribution in [0, 0.1) is 0 Å². The highest BCUT2D eigenvalue weighted by atomic mass is 32.2. The molecule has 2 atom stereocenters. The van der Waals surface area contributed by atoms with Crippen molar-refractivity contribution in [1.29, 1.82) is 0 Å². The summed E-state index contributed by atoms with van der Waals surface area (Å²) in [5.74, 6) is -1.48. The minimum absolute atomic E-state index is 0.0656. The Bertz CT molecular complexity index is 751. The molecule has 136 valence electrons. The van der Waals surface area contributed by atoms with Gasteiger partial charge in [-0.1, -0.05) is 18.2 Å². The van der Waals surface area contributed by atoms with Crippen LogP contribution in [0.1, 0.15) is 12.8 Å².